The number of nitrogens with zero attached hydrogens (tertiary/aromatic N) is 1. The van der Waals surface area contributed by atoms with Gasteiger partial charge in [0.05, 0.1) is 0 Å². The molecule has 1 heterocycles. The average molecular weight is 403 g/mol. The molecule has 2 N–H and O–H groups in total. The fourth-order valence-electron chi connectivity index (χ4n) is 3.15. The third-order valence-corrected chi connectivity index (χ3v) is 4.80. The van der Waals surface area contributed by atoms with E-state index in [1.54, 1.807) is 13.0 Å². The van der Waals surface area contributed by atoms with Crippen LogP contribution >= 0.6 is 0 Å². The minimum Gasteiger partial charge on any atom is -0.481 e. The highest BCUT2D eigenvalue weighted by atomic mass is 16.6. The fraction of sp³-hybridized carbons (Fsp3) is 0.174. The van der Waals surface area contributed by atoms with Crippen molar-refractivity contribution in [3.8, 4) is 5.75 Å². The van der Waals surface area contributed by atoms with E-state index in [1.165, 1.54) is 0 Å². The molecular weight excluding hydrogens is 382 g/mol. The van der Waals surface area contributed by atoms with Crippen LogP contribution in [-0.4, -0.2) is 23.6 Å². The van der Waals surface area contributed by atoms with Crippen LogP contribution in [0.1, 0.15) is 25.0 Å². The first-order valence-electron chi connectivity index (χ1n) is 9.63. The lowest BCUT2D eigenvalue weighted by Crippen LogP contribution is -2.49. The number of carbonyl (C=O) groups excluding carboxylic acids is 2. The molecule has 0 fully saturated rings. The molecule has 2 amide bonds. The van der Waals surface area contributed by atoms with Crippen molar-refractivity contribution in [2.75, 3.05) is 0 Å². The van der Waals surface area contributed by atoms with E-state index in [-0.39, 0.29) is 11.8 Å². The molecule has 2 unspecified atom stereocenters. The molecule has 0 saturated heterocycles. The van der Waals surface area contributed by atoms with Gasteiger partial charge in [-0.15, -0.1) is 0 Å². The molecule has 0 aliphatic carbocycles. The quantitative estimate of drug-likeness (QED) is 0.640. The summed E-state index contributed by atoms with van der Waals surface area (Å²) in [5, 5.41) is 5.94. The first-order valence-corrected chi connectivity index (χ1v) is 9.63. The maximum Gasteiger partial charge on any atom is 0.287 e. The van der Waals surface area contributed by atoms with E-state index >= 15 is 0 Å². The Balaban J connectivity index is 1.28. The molecule has 7 nitrogen and oxygen atoms in total. The van der Waals surface area contributed by atoms with E-state index < -0.39 is 17.9 Å². The summed E-state index contributed by atoms with van der Waals surface area (Å²) in [6, 6.07) is 23.0. The second kappa shape index (κ2) is 8.65. The van der Waals surface area contributed by atoms with Gasteiger partial charge < -0.3 is 9.57 Å². The lowest BCUT2D eigenvalue weighted by Gasteiger charge is -2.15. The summed E-state index contributed by atoms with van der Waals surface area (Å²) in [5.74, 6) is -0.419. The molecule has 0 aromatic heterocycles. The van der Waals surface area contributed by atoms with Crippen LogP contribution in [0.3, 0.4) is 0 Å². The third-order valence-electron chi connectivity index (χ3n) is 4.80. The second-order valence-electron chi connectivity index (χ2n) is 6.96. The Labute approximate surface area is 173 Å². The molecule has 1 aliphatic rings. The van der Waals surface area contributed by atoms with Gasteiger partial charge in [0, 0.05) is 6.42 Å². The van der Waals surface area contributed by atoms with Gasteiger partial charge >= 0.3 is 0 Å². The standard InChI is InChI=1S/C23H21N3O4/c1-15(29-19-12-11-16-7-5-6-10-18(16)13-19)22(27)24-25-23(28)20-14-21(30-26-20)17-8-3-2-4-9-17/h2-13,15,21H,14H2,1H3,(H,24,27)(H,25,28). The molecule has 152 valence electrons. The molecule has 0 saturated carbocycles. The van der Waals surface area contributed by atoms with E-state index in [0.29, 0.717) is 12.2 Å². The fourth-order valence-corrected chi connectivity index (χ4v) is 3.15. The Morgan fingerprint density at radius 3 is 2.53 bits per heavy atom. The summed E-state index contributed by atoms with van der Waals surface area (Å²) >= 11 is 0. The van der Waals surface area contributed by atoms with Gasteiger partial charge in [0.1, 0.15) is 5.75 Å². The van der Waals surface area contributed by atoms with Crippen molar-refractivity contribution < 1.29 is 19.2 Å². The lowest BCUT2D eigenvalue weighted by molar-refractivity contribution is -0.131. The molecule has 3 aromatic rings. The Morgan fingerprint density at radius 1 is 1.00 bits per heavy atom. The summed E-state index contributed by atoms with van der Waals surface area (Å²) in [7, 11) is 0. The maximum atomic E-state index is 12.3. The molecule has 0 bridgehead atoms. The van der Waals surface area contributed by atoms with Gasteiger partial charge in [-0.2, -0.15) is 0 Å². The van der Waals surface area contributed by atoms with E-state index in [2.05, 4.69) is 16.0 Å². The molecule has 4 rings (SSSR count). The highest BCUT2D eigenvalue weighted by molar-refractivity contribution is 6.39. The minimum absolute atomic E-state index is 0.215. The molecule has 7 heteroatoms. The van der Waals surface area contributed by atoms with Crippen LogP contribution in [-0.2, 0) is 14.4 Å². The van der Waals surface area contributed by atoms with Gasteiger partial charge in [-0.3, -0.25) is 20.4 Å². The van der Waals surface area contributed by atoms with Crippen molar-refractivity contribution in [2.24, 2.45) is 5.16 Å². The number of nitrogens with one attached hydrogen (secondary N) is 2. The molecule has 0 spiro atoms. The number of fused-ring (bicyclic) bond motifs is 1. The van der Waals surface area contributed by atoms with Crippen molar-refractivity contribution in [1.29, 1.82) is 0 Å². The molecule has 30 heavy (non-hydrogen) atoms. The highest BCUT2D eigenvalue weighted by Crippen LogP contribution is 2.26. The van der Waals surface area contributed by atoms with Crippen LogP contribution in [0.4, 0.5) is 0 Å². The predicted molar refractivity (Wildman–Crippen MR) is 113 cm³/mol. The van der Waals surface area contributed by atoms with Crippen LogP contribution in [0.15, 0.2) is 78.0 Å². The number of hydrazine groups is 1. The largest absolute Gasteiger partial charge is 0.481 e. The van der Waals surface area contributed by atoms with Crippen molar-refractivity contribution in [1.82, 2.24) is 10.9 Å². The number of carbonyl (C=O) groups is 2. The smallest absolute Gasteiger partial charge is 0.287 e. The van der Waals surface area contributed by atoms with Gasteiger partial charge in [0.15, 0.2) is 17.9 Å². The van der Waals surface area contributed by atoms with Crippen molar-refractivity contribution in [3.05, 3.63) is 78.4 Å². The number of benzene rings is 3. The van der Waals surface area contributed by atoms with Gasteiger partial charge in [0.2, 0.25) is 0 Å². The van der Waals surface area contributed by atoms with Crippen molar-refractivity contribution >= 4 is 28.3 Å². The number of hydrogen-bond donors (Lipinski definition) is 2. The van der Waals surface area contributed by atoms with Crippen LogP contribution in [0, 0.1) is 0 Å². The molecule has 1 aliphatic heterocycles. The lowest BCUT2D eigenvalue weighted by atomic mass is 10.0. The monoisotopic (exact) mass is 403 g/mol. The van der Waals surface area contributed by atoms with Crippen LogP contribution in [0.2, 0.25) is 0 Å². The van der Waals surface area contributed by atoms with E-state index in [0.717, 1.165) is 16.3 Å². The minimum atomic E-state index is -0.801. The Kier molecular flexibility index (Phi) is 5.61. The van der Waals surface area contributed by atoms with Crippen LogP contribution in [0.5, 0.6) is 5.75 Å². The molecule has 0 radical (unpaired) electrons. The third kappa shape index (κ3) is 4.41. The summed E-state index contributed by atoms with van der Waals surface area (Å²) < 4.78 is 5.70. The number of amides is 2. The molecule has 3 aromatic carbocycles. The van der Waals surface area contributed by atoms with Gasteiger partial charge in [0.25, 0.3) is 11.8 Å². The average Bonchev–Trinajstić information content (AvgIpc) is 3.28. The van der Waals surface area contributed by atoms with E-state index in [4.69, 9.17) is 9.57 Å². The van der Waals surface area contributed by atoms with Gasteiger partial charge in [-0.05, 0) is 35.4 Å². The summed E-state index contributed by atoms with van der Waals surface area (Å²) in [4.78, 5) is 29.9. The van der Waals surface area contributed by atoms with E-state index in [9.17, 15) is 9.59 Å². The maximum absolute atomic E-state index is 12.3. The zero-order chi connectivity index (χ0) is 20.9. The van der Waals surface area contributed by atoms with Crippen molar-refractivity contribution in [3.63, 3.8) is 0 Å². The Morgan fingerprint density at radius 2 is 1.73 bits per heavy atom. The summed E-state index contributed by atoms with van der Waals surface area (Å²) in [6.07, 6.45) is -0.780. The topological polar surface area (TPSA) is 89.0 Å². The molecule has 2 atom stereocenters. The number of rotatable bonds is 5. The van der Waals surface area contributed by atoms with Crippen molar-refractivity contribution in [2.45, 2.75) is 25.6 Å². The number of ether oxygens (including phenoxy) is 1. The molecular formula is C23H21N3O4. The van der Waals surface area contributed by atoms with Gasteiger partial charge in [-0.1, -0.05) is 65.8 Å². The first kappa shape index (κ1) is 19.4. The van der Waals surface area contributed by atoms with Crippen LogP contribution < -0.4 is 15.6 Å². The zero-order valence-electron chi connectivity index (χ0n) is 16.4. The normalized spacial score (nSPS) is 16.3. The number of hydrogen-bond acceptors (Lipinski definition) is 5. The summed E-state index contributed by atoms with van der Waals surface area (Å²) in [5.41, 5.74) is 5.89. The second-order valence-corrected chi connectivity index (χ2v) is 6.96. The number of oxime groups is 1. The van der Waals surface area contributed by atoms with Gasteiger partial charge in [-0.25, -0.2) is 0 Å². The highest BCUT2D eigenvalue weighted by Gasteiger charge is 2.27. The first-order chi connectivity index (χ1) is 14.6. The SMILES string of the molecule is CC(Oc1ccc2ccccc2c1)C(=O)NNC(=O)C1=NOC(c2ccccc2)C1. The Bertz CT molecular complexity index is 1100. The predicted octanol–water partition coefficient (Wildman–Crippen LogP) is 3.27. The van der Waals surface area contributed by atoms with Crippen LogP contribution in [0.25, 0.3) is 10.8 Å². The van der Waals surface area contributed by atoms with E-state index in [1.807, 2.05) is 66.7 Å². The summed E-state index contributed by atoms with van der Waals surface area (Å²) in [6.45, 7) is 1.61. The Hall–Kier alpha value is -3.87. The zero-order valence-corrected chi connectivity index (χ0v) is 16.4.